The summed E-state index contributed by atoms with van der Waals surface area (Å²) < 4.78 is 5.40. The minimum atomic E-state index is 0.342. The van der Waals surface area contributed by atoms with E-state index in [0.717, 1.165) is 10.8 Å². The second-order valence-corrected chi connectivity index (χ2v) is 7.79. The van der Waals surface area contributed by atoms with E-state index in [4.69, 9.17) is 16.6 Å². The molecule has 3 rings (SSSR count). The first-order valence-electron chi connectivity index (χ1n) is 6.61. The lowest BCUT2D eigenvalue weighted by Crippen LogP contribution is -2.26. The van der Waals surface area contributed by atoms with E-state index < -0.39 is 0 Å². The van der Waals surface area contributed by atoms with Crippen LogP contribution in [0.15, 0.2) is 10.5 Å². The standard InChI is InChI=1S/C14H18N2OS2/c1-14(2,3)9-4-5-10-8(6-9)7-11(19-10)12-15-16-13(18)17-12/h7,9H,4-6H2,1-3H3,(H,16,18). The van der Waals surface area contributed by atoms with Gasteiger partial charge in [-0.25, -0.2) is 5.10 Å². The van der Waals surface area contributed by atoms with Crippen LogP contribution in [-0.2, 0) is 12.8 Å². The fourth-order valence-corrected chi connectivity index (χ4v) is 3.96. The molecule has 0 bridgehead atoms. The molecule has 0 saturated heterocycles. The molecule has 0 spiro atoms. The van der Waals surface area contributed by atoms with E-state index in [1.807, 2.05) is 0 Å². The van der Waals surface area contributed by atoms with Gasteiger partial charge in [-0.05, 0) is 54.4 Å². The Morgan fingerprint density at radius 1 is 1.47 bits per heavy atom. The van der Waals surface area contributed by atoms with Crippen LogP contribution in [0.5, 0.6) is 0 Å². The Bertz CT molecular complexity index is 645. The van der Waals surface area contributed by atoms with Gasteiger partial charge in [0.1, 0.15) is 0 Å². The van der Waals surface area contributed by atoms with Crippen LogP contribution < -0.4 is 0 Å². The molecule has 0 saturated carbocycles. The minimum Gasteiger partial charge on any atom is -0.408 e. The first kappa shape index (κ1) is 13.1. The van der Waals surface area contributed by atoms with Gasteiger partial charge in [-0.15, -0.1) is 16.4 Å². The molecular weight excluding hydrogens is 276 g/mol. The van der Waals surface area contributed by atoms with Gasteiger partial charge in [0.2, 0.25) is 0 Å². The average Bonchev–Trinajstić information content (AvgIpc) is 2.92. The number of thiophene rings is 1. The first-order valence-corrected chi connectivity index (χ1v) is 7.83. The molecule has 2 aromatic heterocycles. The van der Waals surface area contributed by atoms with Crippen molar-refractivity contribution in [2.75, 3.05) is 0 Å². The van der Waals surface area contributed by atoms with Crippen LogP contribution in [0.3, 0.4) is 0 Å². The second-order valence-electron chi connectivity index (χ2n) is 6.28. The van der Waals surface area contributed by atoms with Crippen molar-refractivity contribution in [3.05, 3.63) is 21.3 Å². The Morgan fingerprint density at radius 3 is 2.89 bits per heavy atom. The molecule has 1 N–H and O–H groups in total. The van der Waals surface area contributed by atoms with Crippen LogP contribution >= 0.6 is 23.6 Å². The Morgan fingerprint density at radius 2 is 2.26 bits per heavy atom. The van der Waals surface area contributed by atoms with Gasteiger partial charge in [0.05, 0.1) is 4.88 Å². The number of aryl methyl sites for hydroxylation is 1. The first-order chi connectivity index (χ1) is 8.93. The number of nitrogens with zero attached hydrogens (tertiary/aromatic N) is 1. The molecule has 0 aromatic carbocycles. The summed E-state index contributed by atoms with van der Waals surface area (Å²) in [4.78, 5) is 2.92. The van der Waals surface area contributed by atoms with Crippen LogP contribution in [0.25, 0.3) is 10.8 Å². The van der Waals surface area contributed by atoms with Crippen molar-refractivity contribution in [1.29, 1.82) is 0 Å². The molecule has 1 aliphatic carbocycles. The summed E-state index contributed by atoms with van der Waals surface area (Å²) in [6, 6.07) is 2.23. The molecule has 1 atom stereocenters. The predicted octanol–water partition coefficient (Wildman–Crippen LogP) is 4.61. The van der Waals surface area contributed by atoms with E-state index in [-0.39, 0.29) is 0 Å². The topological polar surface area (TPSA) is 41.8 Å². The highest BCUT2D eigenvalue weighted by Crippen LogP contribution is 2.41. The van der Waals surface area contributed by atoms with Gasteiger partial charge in [-0.2, -0.15) is 0 Å². The highest BCUT2D eigenvalue weighted by Gasteiger charge is 2.30. The van der Waals surface area contributed by atoms with Gasteiger partial charge in [0, 0.05) is 4.88 Å². The number of hydrogen-bond donors (Lipinski definition) is 1. The zero-order chi connectivity index (χ0) is 13.6. The lowest BCUT2D eigenvalue weighted by molar-refractivity contribution is 0.217. The maximum Gasteiger partial charge on any atom is 0.284 e. The molecule has 5 heteroatoms. The van der Waals surface area contributed by atoms with Gasteiger partial charge in [-0.1, -0.05) is 20.8 Å². The van der Waals surface area contributed by atoms with Crippen LogP contribution in [0.4, 0.5) is 0 Å². The largest absolute Gasteiger partial charge is 0.408 e. The summed E-state index contributed by atoms with van der Waals surface area (Å²) in [6.45, 7) is 7.01. The number of rotatable bonds is 1. The molecule has 2 heterocycles. The maximum absolute atomic E-state index is 5.40. The number of hydrogen-bond acceptors (Lipinski definition) is 4. The van der Waals surface area contributed by atoms with E-state index in [1.165, 1.54) is 29.7 Å². The molecule has 1 unspecified atom stereocenters. The second kappa shape index (κ2) is 4.56. The molecule has 0 fully saturated rings. The highest BCUT2D eigenvalue weighted by molar-refractivity contribution is 7.71. The van der Waals surface area contributed by atoms with Gasteiger partial charge in [0.15, 0.2) is 0 Å². The lowest BCUT2D eigenvalue weighted by atomic mass is 9.72. The van der Waals surface area contributed by atoms with E-state index >= 15 is 0 Å². The maximum atomic E-state index is 5.40. The summed E-state index contributed by atoms with van der Waals surface area (Å²) in [6.07, 6.45) is 3.62. The summed E-state index contributed by atoms with van der Waals surface area (Å²) in [5.74, 6) is 1.38. The number of nitrogens with one attached hydrogen (secondary N) is 1. The minimum absolute atomic E-state index is 0.342. The van der Waals surface area contributed by atoms with Gasteiger partial charge in [-0.3, -0.25) is 0 Å². The van der Waals surface area contributed by atoms with E-state index in [9.17, 15) is 0 Å². The molecule has 19 heavy (non-hydrogen) atoms. The van der Waals surface area contributed by atoms with Crippen molar-refractivity contribution >= 4 is 23.6 Å². The number of H-pyrrole nitrogens is 1. The number of aromatic amines is 1. The zero-order valence-electron chi connectivity index (χ0n) is 11.4. The molecular formula is C14H18N2OS2. The van der Waals surface area contributed by atoms with E-state index in [1.54, 1.807) is 11.3 Å². The van der Waals surface area contributed by atoms with E-state index in [0.29, 0.717) is 16.1 Å². The predicted molar refractivity (Wildman–Crippen MR) is 80.0 cm³/mol. The van der Waals surface area contributed by atoms with Crippen molar-refractivity contribution in [3.8, 4) is 10.8 Å². The summed E-state index contributed by atoms with van der Waals surface area (Å²) >= 11 is 6.72. The molecule has 0 amide bonds. The zero-order valence-corrected chi connectivity index (χ0v) is 13.1. The third kappa shape index (κ3) is 2.54. The molecule has 0 aliphatic heterocycles. The molecule has 0 radical (unpaired) electrons. The quantitative estimate of drug-likeness (QED) is 0.781. The van der Waals surface area contributed by atoms with Gasteiger partial charge < -0.3 is 4.42 Å². The molecule has 1 aliphatic rings. The smallest absolute Gasteiger partial charge is 0.284 e. The van der Waals surface area contributed by atoms with Crippen LogP contribution in [-0.4, -0.2) is 10.2 Å². The van der Waals surface area contributed by atoms with Gasteiger partial charge in [0.25, 0.3) is 10.7 Å². The number of fused-ring (bicyclic) bond motifs is 1. The SMILES string of the molecule is CC(C)(C)C1CCc2sc(-c3n[nH]c(=S)o3)cc2C1. The monoisotopic (exact) mass is 294 g/mol. The Labute approximate surface area is 122 Å². The third-order valence-corrected chi connectivity index (χ3v) is 5.36. The van der Waals surface area contributed by atoms with E-state index in [2.05, 4.69) is 37.0 Å². The lowest BCUT2D eigenvalue weighted by Gasteiger charge is -2.33. The van der Waals surface area contributed by atoms with Crippen molar-refractivity contribution in [2.45, 2.75) is 40.0 Å². The molecule has 102 valence electrons. The Hall–Kier alpha value is -0.940. The Kier molecular flexibility index (Phi) is 3.14. The summed E-state index contributed by atoms with van der Waals surface area (Å²) in [5, 5.41) is 6.80. The fourth-order valence-electron chi connectivity index (χ4n) is 2.70. The molecule has 3 nitrogen and oxygen atoms in total. The Balaban J connectivity index is 1.91. The average molecular weight is 294 g/mol. The van der Waals surface area contributed by atoms with Crippen LogP contribution in [0, 0.1) is 16.2 Å². The van der Waals surface area contributed by atoms with Crippen molar-refractivity contribution in [1.82, 2.24) is 10.2 Å². The van der Waals surface area contributed by atoms with Crippen molar-refractivity contribution < 1.29 is 4.42 Å². The van der Waals surface area contributed by atoms with Gasteiger partial charge >= 0.3 is 0 Å². The van der Waals surface area contributed by atoms with Crippen LogP contribution in [0.1, 0.15) is 37.6 Å². The van der Waals surface area contributed by atoms with Crippen LogP contribution in [0.2, 0.25) is 0 Å². The number of aromatic nitrogens is 2. The van der Waals surface area contributed by atoms with Crippen molar-refractivity contribution in [2.24, 2.45) is 11.3 Å². The normalized spacial score (nSPS) is 19.4. The summed E-state index contributed by atoms with van der Waals surface area (Å²) in [5.41, 5.74) is 1.85. The fraction of sp³-hybridized carbons (Fsp3) is 0.571. The third-order valence-electron chi connectivity index (χ3n) is 3.96. The molecule has 2 aromatic rings. The van der Waals surface area contributed by atoms with Crippen molar-refractivity contribution in [3.63, 3.8) is 0 Å². The summed E-state index contributed by atoms with van der Waals surface area (Å²) in [7, 11) is 0. The highest BCUT2D eigenvalue weighted by atomic mass is 32.1.